The molecule has 1 aliphatic rings. The zero-order chi connectivity index (χ0) is 23.4. The highest BCUT2D eigenvalue weighted by molar-refractivity contribution is 5.84. The van der Waals surface area contributed by atoms with E-state index >= 15 is 0 Å². The molecule has 1 atom stereocenters. The third kappa shape index (κ3) is 3.27. The Bertz CT molecular complexity index is 1560. The van der Waals surface area contributed by atoms with E-state index in [1.165, 1.54) is 0 Å². The number of aromatic nitrogens is 7. The summed E-state index contributed by atoms with van der Waals surface area (Å²) in [5, 5.41) is 10.6. The highest BCUT2D eigenvalue weighted by Crippen LogP contribution is 2.28. The molecule has 0 amide bonds. The maximum absolute atomic E-state index is 13.5. The minimum absolute atomic E-state index is 0.0547. The van der Waals surface area contributed by atoms with Crippen molar-refractivity contribution in [1.29, 1.82) is 0 Å². The second kappa shape index (κ2) is 7.95. The summed E-state index contributed by atoms with van der Waals surface area (Å²) >= 11 is 0. The lowest BCUT2D eigenvalue weighted by Crippen LogP contribution is -2.27. The molecule has 9 heteroatoms. The SMILES string of the molecule is CC(C)n1c(-c2ccc3c(ccn3C)c2)nn2c(-c3cnn(C4CCCCO4)c3)cnc2c1=O. The monoisotopic (exact) mass is 457 g/mol. The summed E-state index contributed by atoms with van der Waals surface area (Å²) in [7, 11) is 2.02. The number of fused-ring (bicyclic) bond motifs is 2. The van der Waals surface area contributed by atoms with Crippen molar-refractivity contribution in [3.05, 3.63) is 59.4 Å². The van der Waals surface area contributed by atoms with Crippen LogP contribution in [0.25, 0.3) is 39.2 Å². The molecule has 1 aromatic carbocycles. The zero-order valence-electron chi connectivity index (χ0n) is 19.5. The molecule has 0 radical (unpaired) electrons. The van der Waals surface area contributed by atoms with Crippen molar-refractivity contribution in [3.63, 3.8) is 0 Å². The molecule has 0 N–H and O–H groups in total. The maximum atomic E-state index is 13.5. The van der Waals surface area contributed by atoms with Gasteiger partial charge in [-0.15, -0.1) is 5.10 Å². The molecule has 0 aliphatic carbocycles. The van der Waals surface area contributed by atoms with Crippen molar-refractivity contribution in [2.75, 3.05) is 6.61 Å². The molecule has 1 unspecified atom stereocenters. The summed E-state index contributed by atoms with van der Waals surface area (Å²) in [6.07, 6.45) is 10.6. The normalized spacial score (nSPS) is 16.8. The van der Waals surface area contributed by atoms with Crippen molar-refractivity contribution in [2.24, 2.45) is 7.05 Å². The Balaban J connectivity index is 1.51. The van der Waals surface area contributed by atoms with Gasteiger partial charge in [0.05, 0.1) is 18.1 Å². The van der Waals surface area contributed by atoms with Gasteiger partial charge in [-0.05, 0) is 57.4 Å². The van der Waals surface area contributed by atoms with Gasteiger partial charge in [0.15, 0.2) is 5.82 Å². The van der Waals surface area contributed by atoms with Crippen molar-refractivity contribution in [2.45, 2.75) is 45.4 Å². The van der Waals surface area contributed by atoms with E-state index in [4.69, 9.17) is 9.84 Å². The first-order chi connectivity index (χ1) is 16.5. The Morgan fingerprint density at radius 3 is 2.79 bits per heavy atom. The minimum atomic E-state index is -0.164. The summed E-state index contributed by atoms with van der Waals surface area (Å²) in [6, 6.07) is 8.16. The topological polar surface area (TPSA) is 84.2 Å². The summed E-state index contributed by atoms with van der Waals surface area (Å²) < 4.78 is 13.2. The number of aryl methyl sites for hydroxylation is 1. The summed E-state index contributed by atoms with van der Waals surface area (Å²) in [5.74, 6) is 0.612. The van der Waals surface area contributed by atoms with Gasteiger partial charge in [-0.3, -0.25) is 9.36 Å². The van der Waals surface area contributed by atoms with Crippen molar-refractivity contribution < 1.29 is 4.74 Å². The lowest BCUT2D eigenvalue weighted by molar-refractivity contribution is -0.0394. The van der Waals surface area contributed by atoms with Crippen LogP contribution in [0.5, 0.6) is 0 Å². The number of hydrogen-bond acceptors (Lipinski definition) is 5. The van der Waals surface area contributed by atoms with Crippen LogP contribution in [0.1, 0.15) is 45.4 Å². The maximum Gasteiger partial charge on any atom is 0.297 e. The molecule has 0 bridgehead atoms. The Labute approximate surface area is 196 Å². The molecule has 9 nitrogen and oxygen atoms in total. The lowest BCUT2D eigenvalue weighted by atomic mass is 10.1. The molecule has 1 aliphatic heterocycles. The molecule has 0 saturated carbocycles. The van der Waals surface area contributed by atoms with E-state index in [-0.39, 0.29) is 17.8 Å². The summed E-state index contributed by atoms with van der Waals surface area (Å²) in [4.78, 5) is 18.0. The third-order valence-corrected chi connectivity index (χ3v) is 6.58. The number of ether oxygens (including phenoxy) is 1. The van der Waals surface area contributed by atoms with Crippen molar-refractivity contribution >= 4 is 16.6 Å². The van der Waals surface area contributed by atoms with E-state index in [0.29, 0.717) is 11.5 Å². The Morgan fingerprint density at radius 1 is 1.12 bits per heavy atom. The van der Waals surface area contributed by atoms with E-state index in [2.05, 4.69) is 32.8 Å². The molecular formula is C25H27N7O2. The second-order valence-electron chi connectivity index (χ2n) is 9.20. The van der Waals surface area contributed by atoms with Gasteiger partial charge in [0, 0.05) is 54.1 Å². The van der Waals surface area contributed by atoms with Gasteiger partial charge in [0.2, 0.25) is 5.65 Å². The average Bonchev–Trinajstić information content (AvgIpc) is 3.57. The van der Waals surface area contributed by atoms with E-state index < -0.39 is 0 Å². The fraction of sp³-hybridized carbons (Fsp3) is 0.360. The standard InChI is InChI=1S/C25H27N7O2/c1-16(2)31-23(18-7-8-20-17(12-18)9-10-29(20)3)28-32-21(14-26-24(32)25(31)33)19-13-27-30(15-19)22-6-4-5-11-34-22/h7-10,12-16,22H,4-6,11H2,1-3H3. The largest absolute Gasteiger partial charge is 0.357 e. The highest BCUT2D eigenvalue weighted by Gasteiger charge is 2.22. The first kappa shape index (κ1) is 20.9. The van der Waals surface area contributed by atoms with Gasteiger partial charge >= 0.3 is 0 Å². The van der Waals surface area contributed by atoms with Crippen LogP contribution < -0.4 is 5.56 Å². The molecule has 5 aromatic rings. The van der Waals surface area contributed by atoms with E-state index in [9.17, 15) is 4.79 Å². The number of imidazole rings is 1. The van der Waals surface area contributed by atoms with E-state index in [1.54, 1.807) is 21.5 Å². The van der Waals surface area contributed by atoms with Crippen LogP contribution in [0.3, 0.4) is 0 Å². The van der Waals surface area contributed by atoms with Crippen molar-refractivity contribution in [3.8, 4) is 22.6 Å². The fourth-order valence-electron chi connectivity index (χ4n) is 4.79. The first-order valence-corrected chi connectivity index (χ1v) is 11.7. The van der Waals surface area contributed by atoms with Crippen LogP contribution in [0.15, 0.2) is 53.8 Å². The summed E-state index contributed by atoms with van der Waals surface area (Å²) in [5.41, 5.74) is 3.73. The molecule has 5 heterocycles. The molecule has 0 spiro atoms. The molecule has 174 valence electrons. The molecule has 6 rings (SSSR count). The van der Waals surface area contributed by atoms with Gasteiger partial charge in [0.25, 0.3) is 5.56 Å². The molecule has 34 heavy (non-hydrogen) atoms. The quantitative estimate of drug-likeness (QED) is 0.404. The van der Waals surface area contributed by atoms with Gasteiger partial charge in [0.1, 0.15) is 6.23 Å². The van der Waals surface area contributed by atoms with E-state index in [0.717, 1.165) is 53.6 Å². The Kier molecular flexibility index (Phi) is 4.88. The van der Waals surface area contributed by atoms with Crippen molar-refractivity contribution in [1.82, 2.24) is 33.5 Å². The molecule has 1 saturated heterocycles. The number of benzene rings is 1. The number of nitrogens with zero attached hydrogens (tertiary/aromatic N) is 7. The minimum Gasteiger partial charge on any atom is -0.357 e. The predicted molar refractivity (Wildman–Crippen MR) is 130 cm³/mol. The average molecular weight is 458 g/mol. The molecule has 4 aromatic heterocycles. The molecule has 1 fully saturated rings. The van der Waals surface area contributed by atoms with Crippen LogP contribution in [0.2, 0.25) is 0 Å². The third-order valence-electron chi connectivity index (χ3n) is 6.58. The Hall–Kier alpha value is -3.72. The number of hydrogen-bond donors (Lipinski definition) is 0. The van der Waals surface area contributed by atoms with Crippen LogP contribution in [-0.2, 0) is 11.8 Å². The van der Waals surface area contributed by atoms with E-state index in [1.807, 2.05) is 44.0 Å². The van der Waals surface area contributed by atoms with Gasteiger partial charge in [-0.25, -0.2) is 14.2 Å². The summed E-state index contributed by atoms with van der Waals surface area (Å²) in [6.45, 7) is 4.73. The van der Waals surface area contributed by atoms with Crippen LogP contribution in [-0.4, -0.2) is 40.1 Å². The van der Waals surface area contributed by atoms with Gasteiger partial charge < -0.3 is 9.30 Å². The van der Waals surface area contributed by atoms with Crippen LogP contribution >= 0.6 is 0 Å². The predicted octanol–water partition coefficient (Wildman–Crippen LogP) is 4.19. The Morgan fingerprint density at radius 2 is 2.00 bits per heavy atom. The fourth-order valence-corrected chi connectivity index (χ4v) is 4.79. The highest BCUT2D eigenvalue weighted by atomic mass is 16.5. The second-order valence-corrected chi connectivity index (χ2v) is 9.20. The zero-order valence-corrected chi connectivity index (χ0v) is 19.5. The van der Waals surface area contributed by atoms with Gasteiger partial charge in [-0.2, -0.15) is 5.10 Å². The van der Waals surface area contributed by atoms with Crippen LogP contribution in [0, 0.1) is 0 Å². The number of rotatable bonds is 4. The lowest BCUT2D eigenvalue weighted by Gasteiger charge is -2.22. The molecular weight excluding hydrogens is 430 g/mol. The first-order valence-electron chi connectivity index (χ1n) is 11.7. The smallest absolute Gasteiger partial charge is 0.297 e. The van der Waals surface area contributed by atoms with Gasteiger partial charge in [-0.1, -0.05) is 0 Å². The van der Waals surface area contributed by atoms with Crippen LogP contribution in [0.4, 0.5) is 0 Å².